The molecule has 4 N–H and O–H groups in total. The van der Waals surface area contributed by atoms with Gasteiger partial charge in [0.25, 0.3) is 0 Å². The Labute approximate surface area is 268 Å². The molecule has 44 heavy (non-hydrogen) atoms. The molecule has 0 saturated heterocycles. The second-order valence-corrected chi connectivity index (χ2v) is 12.8. The maximum Gasteiger partial charge on any atom is 0.0314 e. The van der Waals surface area contributed by atoms with Crippen molar-refractivity contribution in [3.63, 3.8) is 0 Å². The molecule has 0 aromatic heterocycles. The standard InChI is InChI=1S/C42H56N2/c1-4-7-9-11-14-41(36-24-28-38(43)29-25-36)34-20-16-32(17-21-34)40(13-6-3)33-18-22-35(23-19-33)42(15-12-10-8-5-2)37-26-30-39(44)31-27-37/h16-31,40-42H,4-15,43-44H2,1-3H3. The maximum atomic E-state index is 6.03. The van der Waals surface area contributed by atoms with Crippen molar-refractivity contribution in [2.75, 3.05) is 11.5 Å². The second kappa shape index (κ2) is 17.7. The Kier molecular flexibility index (Phi) is 13.4. The number of benzene rings is 4. The molecule has 234 valence electrons. The molecule has 4 rings (SSSR count). The molecule has 2 heteroatoms. The number of hydrogen-bond donors (Lipinski definition) is 2. The average Bonchev–Trinajstić information content (AvgIpc) is 3.05. The van der Waals surface area contributed by atoms with Gasteiger partial charge in [-0.1, -0.05) is 151 Å². The van der Waals surface area contributed by atoms with Crippen LogP contribution in [0.1, 0.15) is 149 Å². The van der Waals surface area contributed by atoms with Gasteiger partial charge in [0.2, 0.25) is 0 Å². The molecular formula is C42H56N2. The molecule has 4 aromatic rings. The first-order valence-corrected chi connectivity index (χ1v) is 17.4. The Hall–Kier alpha value is -3.52. The topological polar surface area (TPSA) is 52.0 Å². The lowest BCUT2D eigenvalue weighted by atomic mass is 9.82. The Morgan fingerprint density at radius 2 is 0.614 bits per heavy atom. The number of anilines is 2. The quantitative estimate of drug-likeness (QED) is 0.0897. The zero-order valence-corrected chi connectivity index (χ0v) is 27.6. The van der Waals surface area contributed by atoms with Crippen molar-refractivity contribution in [2.24, 2.45) is 0 Å². The van der Waals surface area contributed by atoms with Crippen LogP contribution in [0.3, 0.4) is 0 Å². The lowest BCUT2D eigenvalue weighted by Gasteiger charge is -2.23. The summed E-state index contributed by atoms with van der Waals surface area (Å²) in [6.07, 6.45) is 14.9. The van der Waals surface area contributed by atoms with Gasteiger partial charge in [-0.05, 0) is 76.9 Å². The van der Waals surface area contributed by atoms with E-state index < -0.39 is 0 Å². The summed E-state index contributed by atoms with van der Waals surface area (Å²) in [6.45, 7) is 6.86. The van der Waals surface area contributed by atoms with Crippen LogP contribution in [0.5, 0.6) is 0 Å². The summed E-state index contributed by atoms with van der Waals surface area (Å²) in [6, 6.07) is 36.2. The number of nitrogen functional groups attached to an aromatic ring is 2. The van der Waals surface area contributed by atoms with Crippen LogP contribution in [0, 0.1) is 0 Å². The molecule has 0 saturated carbocycles. The molecule has 0 radical (unpaired) electrons. The third-order valence-corrected chi connectivity index (χ3v) is 9.43. The molecule has 0 fully saturated rings. The normalized spacial score (nSPS) is 13.4. The van der Waals surface area contributed by atoms with E-state index in [1.165, 1.54) is 97.6 Å². The Bertz CT molecular complexity index is 1230. The van der Waals surface area contributed by atoms with Crippen LogP contribution in [0.2, 0.25) is 0 Å². The fourth-order valence-corrected chi connectivity index (χ4v) is 6.79. The van der Waals surface area contributed by atoms with Gasteiger partial charge in [-0.25, -0.2) is 0 Å². The third-order valence-electron chi connectivity index (χ3n) is 9.43. The molecule has 0 aliphatic rings. The van der Waals surface area contributed by atoms with Gasteiger partial charge < -0.3 is 11.5 Å². The number of unbranched alkanes of at least 4 members (excludes halogenated alkanes) is 6. The van der Waals surface area contributed by atoms with Gasteiger partial charge >= 0.3 is 0 Å². The maximum absolute atomic E-state index is 6.03. The SMILES string of the molecule is CCCCCCC(c1ccc(N)cc1)c1ccc(C(CCC)c2ccc(C(CCCCCC)c3ccc(N)cc3)cc2)cc1. The van der Waals surface area contributed by atoms with E-state index in [0.29, 0.717) is 17.8 Å². The van der Waals surface area contributed by atoms with Crippen molar-refractivity contribution >= 4 is 11.4 Å². The zero-order valence-electron chi connectivity index (χ0n) is 27.6. The molecule has 0 amide bonds. The van der Waals surface area contributed by atoms with Crippen LogP contribution < -0.4 is 11.5 Å². The zero-order chi connectivity index (χ0) is 31.1. The first-order valence-electron chi connectivity index (χ1n) is 17.4. The first-order chi connectivity index (χ1) is 21.5. The molecule has 0 heterocycles. The minimum atomic E-state index is 0.405. The fraction of sp³-hybridized carbons (Fsp3) is 0.429. The van der Waals surface area contributed by atoms with E-state index in [1.54, 1.807) is 0 Å². The van der Waals surface area contributed by atoms with Crippen LogP contribution in [0.25, 0.3) is 0 Å². The predicted octanol–water partition coefficient (Wildman–Crippen LogP) is 12.0. The third kappa shape index (κ3) is 9.49. The summed E-state index contributed by atoms with van der Waals surface area (Å²) < 4.78 is 0. The van der Waals surface area contributed by atoms with Crippen molar-refractivity contribution < 1.29 is 0 Å². The van der Waals surface area contributed by atoms with Gasteiger partial charge in [0.05, 0.1) is 0 Å². The van der Waals surface area contributed by atoms with Crippen LogP contribution in [-0.2, 0) is 0 Å². The van der Waals surface area contributed by atoms with Gasteiger partial charge in [0.15, 0.2) is 0 Å². The lowest BCUT2D eigenvalue weighted by Crippen LogP contribution is -2.06. The van der Waals surface area contributed by atoms with Crippen LogP contribution >= 0.6 is 0 Å². The van der Waals surface area contributed by atoms with E-state index in [1.807, 2.05) is 24.3 Å². The van der Waals surface area contributed by atoms with Crippen LogP contribution in [-0.4, -0.2) is 0 Å². The average molecular weight is 589 g/mol. The van der Waals surface area contributed by atoms with E-state index in [-0.39, 0.29) is 0 Å². The van der Waals surface area contributed by atoms with E-state index >= 15 is 0 Å². The molecule has 2 unspecified atom stereocenters. The van der Waals surface area contributed by atoms with Crippen molar-refractivity contribution in [1.82, 2.24) is 0 Å². The Morgan fingerprint density at radius 3 is 0.886 bits per heavy atom. The molecule has 4 aromatic carbocycles. The van der Waals surface area contributed by atoms with E-state index in [9.17, 15) is 0 Å². The molecule has 0 aliphatic heterocycles. The number of nitrogens with two attached hydrogens (primary N) is 2. The number of hydrogen-bond acceptors (Lipinski definition) is 2. The highest BCUT2D eigenvalue weighted by atomic mass is 14.5. The van der Waals surface area contributed by atoms with Crippen molar-refractivity contribution in [1.29, 1.82) is 0 Å². The van der Waals surface area contributed by atoms with E-state index in [4.69, 9.17) is 11.5 Å². The molecular weight excluding hydrogens is 532 g/mol. The first kappa shape index (κ1) is 33.4. The molecule has 2 atom stereocenters. The predicted molar refractivity (Wildman–Crippen MR) is 193 cm³/mol. The summed E-state index contributed by atoms with van der Waals surface area (Å²) >= 11 is 0. The fourth-order valence-electron chi connectivity index (χ4n) is 6.79. The Balaban J connectivity index is 1.55. The highest BCUT2D eigenvalue weighted by Crippen LogP contribution is 2.36. The van der Waals surface area contributed by atoms with Gasteiger partial charge in [-0.2, -0.15) is 0 Å². The van der Waals surface area contributed by atoms with Gasteiger partial charge in [0, 0.05) is 29.1 Å². The van der Waals surface area contributed by atoms with Crippen LogP contribution in [0.15, 0.2) is 97.1 Å². The van der Waals surface area contributed by atoms with Gasteiger partial charge in [0.1, 0.15) is 0 Å². The van der Waals surface area contributed by atoms with E-state index in [0.717, 1.165) is 24.2 Å². The van der Waals surface area contributed by atoms with Crippen molar-refractivity contribution in [2.45, 2.75) is 116 Å². The minimum Gasteiger partial charge on any atom is -0.399 e. The van der Waals surface area contributed by atoms with Gasteiger partial charge in [-0.3, -0.25) is 0 Å². The number of rotatable bonds is 18. The second-order valence-electron chi connectivity index (χ2n) is 12.8. The molecule has 2 nitrogen and oxygen atoms in total. The minimum absolute atomic E-state index is 0.405. The molecule has 0 spiro atoms. The summed E-state index contributed by atoms with van der Waals surface area (Å²) in [5.41, 5.74) is 22.1. The summed E-state index contributed by atoms with van der Waals surface area (Å²) in [7, 11) is 0. The molecule has 0 bridgehead atoms. The summed E-state index contributed by atoms with van der Waals surface area (Å²) in [5.74, 6) is 1.23. The largest absolute Gasteiger partial charge is 0.399 e. The van der Waals surface area contributed by atoms with Crippen molar-refractivity contribution in [3.8, 4) is 0 Å². The van der Waals surface area contributed by atoms with Crippen LogP contribution in [0.4, 0.5) is 11.4 Å². The van der Waals surface area contributed by atoms with E-state index in [2.05, 4.69) is 93.6 Å². The molecule has 0 aliphatic carbocycles. The smallest absolute Gasteiger partial charge is 0.0314 e. The summed E-state index contributed by atoms with van der Waals surface area (Å²) in [5, 5.41) is 0. The highest BCUT2D eigenvalue weighted by molar-refractivity contribution is 5.45. The Morgan fingerprint density at radius 1 is 0.341 bits per heavy atom. The van der Waals surface area contributed by atoms with Gasteiger partial charge in [-0.15, -0.1) is 0 Å². The van der Waals surface area contributed by atoms with Crippen molar-refractivity contribution in [3.05, 3.63) is 130 Å². The highest BCUT2D eigenvalue weighted by Gasteiger charge is 2.19. The summed E-state index contributed by atoms with van der Waals surface area (Å²) in [4.78, 5) is 0. The lowest BCUT2D eigenvalue weighted by molar-refractivity contribution is 0.596. The monoisotopic (exact) mass is 588 g/mol.